The summed E-state index contributed by atoms with van der Waals surface area (Å²) in [5.74, 6) is -0.382. The molecule has 0 radical (unpaired) electrons. The highest BCUT2D eigenvalue weighted by atomic mass is 16.6. The molecule has 4 amide bonds. The molecule has 0 aliphatic heterocycles. The summed E-state index contributed by atoms with van der Waals surface area (Å²) < 4.78 is 10.4. The second-order valence-corrected chi connectivity index (χ2v) is 11.2. The molecule has 0 fully saturated rings. The Kier molecular flexibility index (Phi) is 18.9. The van der Waals surface area contributed by atoms with Gasteiger partial charge in [0.15, 0.2) is 0 Å². The topological polar surface area (TPSA) is 182 Å². The Bertz CT molecular complexity index is 692. The molecular formula is C26H52N6O8. The van der Waals surface area contributed by atoms with E-state index in [-0.39, 0.29) is 51.0 Å². The van der Waals surface area contributed by atoms with Gasteiger partial charge >= 0.3 is 12.2 Å². The summed E-state index contributed by atoms with van der Waals surface area (Å²) in [5.41, 5.74) is -1.18. The minimum absolute atomic E-state index is 0.0733. The summed E-state index contributed by atoms with van der Waals surface area (Å²) in [7, 11) is 0. The van der Waals surface area contributed by atoms with Crippen LogP contribution in [0, 0.1) is 0 Å². The predicted octanol–water partition coefficient (Wildman–Crippen LogP) is -0.363. The van der Waals surface area contributed by atoms with Crippen molar-refractivity contribution in [2.24, 2.45) is 0 Å². The number of aliphatic hydroxyl groups excluding tert-OH is 2. The van der Waals surface area contributed by atoms with E-state index >= 15 is 0 Å². The van der Waals surface area contributed by atoms with Gasteiger partial charge in [-0.3, -0.25) is 19.4 Å². The van der Waals surface area contributed by atoms with E-state index in [4.69, 9.17) is 9.47 Å². The molecule has 0 unspecified atom stereocenters. The largest absolute Gasteiger partial charge is 0.444 e. The van der Waals surface area contributed by atoms with Gasteiger partial charge in [-0.25, -0.2) is 9.59 Å². The molecule has 0 aliphatic rings. The smallest absolute Gasteiger partial charge is 0.407 e. The van der Waals surface area contributed by atoms with Crippen molar-refractivity contribution in [3.63, 3.8) is 0 Å². The SMILES string of the molecule is CC(C)(C)OC(=O)NCCN(CCO)CCC(=O)NCCNC(=O)CCN(CCO)CCNC(=O)OC(C)(C)C. The molecule has 0 aromatic heterocycles. The Hall–Kier alpha value is -2.68. The lowest BCUT2D eigenvalue weighted by molar-refractivity contribution is -0.123. The molecule has 0 rings (SSSR count). The van der Waals surface area contributed by atoms with Gasteiger partial charge in [0.05, 0.1) is 13.2 Å². The van der Waals surface area contributed by atoms with Gasteiger partial charge < -0.3 is 41.0 Å². The Morgan fingerprint density at radius 1 is 0.550 bits per heavy atom. The van der Waals surface area contributed by atoms with E-state index < -0.39 is 23.4 Å². The molecule has 0 saturated heterocycles. The number of nitrogens with one attached hydrogen (secondary N) is 4. The zero-order valence-corrected chi connectivity index (χ0v) is 25.1. The highest BCUT2D eigenvalue weighted by molar-refractivity contribution is 5.77. The maximum Gasteiger partial charge on any atom is 0.407 e. The van der Waals surface area contributed by atoms with Crippen molar-refractivity contribution in [1.82, 2.24) is 31.1 Å². The summed E-state index contributed by atoms with van der Waals surface area (Å²) in [6.07, 6.45) is -0.637. The number of ether oxygens (including phenoxy) is 2. The highest BCUT2D eigenvalue weighted by Gasteiger charge is 2.17. The van der Waals surface area contributed by atoms with Crippen molar-refractivity contribution in [2.45, 2.75) is 65.6 Å². The van der Waals surface area contributed by atoms with Gasteiger partial charge in [-0.15, -0.1) is 0 Å². The van der Waals surface area contributed by atoms with Crippen molar-refractivity contribution >= 4 is 24.0 Å². The molecule has 0 heterocycles. The van der Waals surface area contributed by atoms with Crippen molar-refractivity contribution < 1.29 is 38.9 Å². The van der Waals surface area contributed by atoms with Gasteiger partial charge in [-0.05, 0) is 41.5 Å². The molecule has 0 bridgehead atoms. The van der Waals surface area contributed by atoms with Crippen LogP contribution in [-0.2, 0) is 19.1 Å². The van der Waals surface area contributed by atoms with E-state index in [2.05, 4.69) is 21.3 Å². The molecule has 0 aromatic rings. The lowest BCUT2D eigenvalue weighted by Gasteiger charge is -2.23. The van der Waals surface area contributed by atoms with E-state index in [0.717, 1.165) is 0 Å². The molecule has 0 saturated carbocycles. The Labute approximate surface area is 238 Å². The monoisotopic (exact) mass is 576 g/mol. The third kappa shape index (κ3) is 23.2. The first-order chi connectivity index (χ1) is 18.6. The fourth-order valence-corrected chi connectivity index (χ4v) is 3.31. The molecule has 6 N–H and O–H groups in total. The third-order valence-electron chi connectivity index (χ3n) is 5.10. The minimum atomic E-state index is -0.588. The number of hydrogen-bond donors (Lipinski definition) is 6. The van der Waals surface area contributed by atoms with Crippen molar-refractivity contribution in [3.05, 3.63) is 0 Å². The molecular weight excluding hydrogens is 524 g/mol. The van der Waals surface area contributed by atoms with Crippen LogP contribution in [0.2, 0.25) is 0 Å². The third-order valence-corrected chi connectivity index (χ3v) is 5.10. The summed E-state index contributed by atoms with van der Waals surface area (Å²) in [5, 5.41) is 29.3. The first kappa shape index (κ1) is 37.3. The summed E-state index contributed by atoms with van der Waals surface area (Å²) >= 11 is 0. The summed E-state index contributed by atoms with van der Waals surface area (Å²) in [4.78, 5) is 51.6. The van der Waals surface area contributed by atoms with Crippen molar-refractivity contribution in [3.8, 4) is 0 Å². The standard InChI is InChI=1S/C26H52N6O8/c1-25(2,3)39-23(37)29-11-15-31(17-19-33)13-7-21(35)27-9-10-28-22(36)8-14-32(18-20-34)16-12-30-24(38)40-26(4,5)6/h33-34H,7-20H2,1-6H3,(H,27,35)(H,28,36)(H,29,37)(H,30,38). The average molecular weight is 577 g/mol. The van der Waals surface area contributed by atoms with Gasteiger partial charge in [-0.1, -0.05) is 0 Å². The number of nitrogens with zero attached hydrogens (tertiary/aromatic N) is 2. The van der Waals surface area contributed by atoms with Gasteiger partial charge in [-0.2, -0.15) is 0 Å². The first-order valence-electron chi connectivity index (χ1n) is 13.8. The van der Waals surface area contributed by atoms with E-state index in [1.165, 1.54) is 0 Å². The van der Waals surface area contributed by atoms with E-state index in [1.54, 1.807) is 41.5 Å². The number of alkyl carbamates (subject to hydrolysis) is 2. The van der Waals surface area contributed by atoms with Gasteiger partial charge in [0.1, 0.15) is 11.2 Å². The first-order valence-corrected chi connectivity index (χ1v) is 13.8. The normalized spacial score (nSPS) is 11.8. The molecule has 0 aliphatic carbocycles. The van der Waals surface area contributed by atoms with Crippen molar-refractivity contribution in [2.75, 3.05) is 78.7 Å². The lowest BCUT2D eigenvalue weighted by atomic mass is 10.2. The van der Waals surface area contributed by atoms with Crippen LogP contribution in [0.5, 0.6) is 0 Å². The maximum atomic E-state index is 12.2. The van der Waals surface area contributed by atoms with Gasteiger partial charge in [0.2, 0.25) is 11.8 Å². The Balaban J connectivity index is 4.15. The number of aliphatic hydroxyl groups is 2. The summed E-state index contributed by atoms with van der Waals surface area (Å²) in [6.45, 7) is 14.1. The number of hydrogen-bond acceptors (Lipinski definition) is 10. The Morgan fingerprint density at radius 2 is 0.900 bits per heavy atom. The number of amides is 4. The van der Waals surface area contributed by atoms with Gasteiger partial charge in [0, 0.05) is 78.3 Å². The van der Waals surface area contributed by atoms with Crippen LogP contribution in [0.3, 0.4) is 0 Å². The number of rotatable bonds is 19. The number of carbonyl (C=O) groups is 4. The van der Waals surface area contributed by atoms with Crippen LogP contribution >= 0.6 is 0 Å². The highest BCUT2D eigenvalue weighted by Crippen LogP contribution is 2.07. The van der Waals surface area contributed by atoms with Crippen LogP contribution < -0.4 is 21.3 Å². The molecule has 234 valence electrons. The molecule has 14 heteroatoms. The van der Waals surface area contributed by atoms with E-state index in [0.29, 0.717) is 52.4 Å². The zero-order valence-electron chi connectivity index (χ0n) is 25.1. The summed E-state index contributed by atoms with van der Waals surface area (Å²) in [6, 6.07) is 0. The molecule has 40 heavy (non-hydrogen) atoms. The minimum Gasteiger partial charge on any atom is -0.444 e. The van der Waals surface area contributed by atoms with Crippen LogP contribution in [0.1, 0.15) is 54.4 Å². The molecule has 14 nitrogen and oxygen atoms in total. The van der Waals surface area contributed by atoms with Crippen LogP contribution in [0.4, 0.5) is 9.59 Å². The second-order valence-electron chi connectivity index (χ2n) is 11.2. The maximum absolute atomic E-state index is 12.2. The average Bonchev–Trinajstić information content (AvgIpc) is 2.81. The zero-order chi connectivity index (χ0) is 30.6. The molecule has 0 spiro atoms. The molecule has 0 atom stereocenters. The van der Waals surface area contributed by atoms with Crippen LogP contribution in [-0.4, -0.2) is 134 Å². The number of carbonyl (C=O) groups excluding carboxylic acids is 4. The lowest BCUT2D eigenvalue weighted by Crippen LogP contribution is -2.41. The fourth-order valence-electron chi connectivity index (χ4n) is 3.31. The fraction of sp³-hybridized carbons (Fsp3) is 0.846. The van der Waals surface area contributed by atoms with Crippen molar-refractivity contribution in [1.29, 1.82) is 0 Å². The molecule has 0 aromatic carbocycles. The van der Waals surface area contributed by atoms with E-state index in [9.17, 15) is 29.4 Å². The van der Waals surface area contributed by atoms with Gasteiger partial charge in [0.25, 0.3) is 0 Å². The van der Waals surface area contributed by atoms with E-state index in [1.807, 2.05) is 9.80 Å². The predicted molar refractivity (Wildman–Crippen MR) is 151 cm³/mol. The van der Waals surface area contributed by atoms with Crippen LogP contribution in [0.25, 0.3) is 0 Å². The second kappa shape index (κ2) is 20.2. The van der Waals surface area contributed by atoms with Crippen LogP contribution in [0.15, 0.2) is 0 Å². The Morgan fingerprint density at radius 3 is 1.20 bits per heavy atom. The quantitative estimate of drug-likeness (QED) is 0.111.